The van der Waals surface area contributed by atoms with Crippen LogP contribution in [-0.2, 0) is 14.8 Å². The number of rotatable bonds is 8. The minimum absolute atomic E-state index is 0.150. The number of amides is 1. The normalized spacial score (nSPS) is 18.4. The van der Waals surface area contributed by atoms with E-state index < -0.39 is 10.0 Å². The number of anilines is 1. The highest BCUT2D eigenvalue weighted by Crippen LogP contribution is 2.29. The number of methoxy groups -OCH3 is 1. The molecule has 2 aliphatic rings. The van der Waals surface area contributed by atoms with Crippen molar-refractivity contribution < 1.29 is 22.7 Å². The Morgan fingerprint density at radius 1 is 1.06 bits per heavy atom. The van der Waals surface area contributed by atoms with Crippen LogP contribution in [0, 0.1) is 11.8 Å². The van der Waals surface area contributed by atoms with E-state index in [1.165, 1.54) is 43.5 Å². The van der Waals surface area contributed by atoms with Gasteiger partial charge >= 0.3 is 0 Å². The molecular weight excluding hydrogens is 454 g/mol. The van der Waals surface area contributed by atoms with Crippen LogP contribution in [0.3, 0.4) is 0 Å². The summed E-state index contributed by atoms with van der Waals surface area (Å²) < 4.78 is 38.5. The molecule has 1 aromatic heterocycles. The molecular formula is C25H33N3O5S. The van der Waals surface area contributed by atoms with Gasteiger partial charge in [0.1, 0.15) is 5.75 Å². The Morgan fingerprint density at radius 3 is 2.44 bits per heavy atom. The van der Waals surface area contributed by atoms with Gasteiger partial charge in [0.25, 0.3) is 0 Å². The van der Waals surface area contributed by atoms with Crippen LogP contribution in [0.15, 0.2) is 47.5 Å². The number of benzene rings is 1. The molecule has 34 heavy (non-hydrogen) atoms. The van der Waals surface area contributed by atoms with Crippen LogP contribution in [0.2, 0.25) is 0 Å². The van der Waals surface area contributed by atoms with Gasteiger partial charge in [-0.25, -0.2) is 13.4 Å². The molecule has 184 valence electrons. The number of hydrogen-bond acceptors (Lipinski definition) is 6. The highest BCUT2D eigenvalue weighted by molar-refractivity contribution is 7.89. The Kier molecular flexibility index (Phi) is 8.05. The summed E-state index contributed by atoms with van der Waals surface area (Å²) in [5, 5.41) is 2.91. The highest BCUT2D eigenvalue weighted by atomic mass is 32.2. The number of nitrogens with zero attached hydrogens (tertiary/aromatic N) is 2. The molecule has 0 atom stereocenters. The van der Waals surface area contributed by atoms with E-state index in [1.807, 2.05) is 6.07 Å². The number of carbonyl (C=O) groups excluding carboxylic acids is 1. The molecule has 0 radical (unpaired) electrons. The van der Waals surface area contributed by atoms with Gasteiger partial charge in [0.05, 0.1) is 18.6 Å². The Bertz CT molecular complexity index is 1060. The standard InChI is InChI=1S/C25H33N3O5S/c1-32-21-9-11-22(12-10-21)34(30,31)28-16-13-20(14-17-28)25(29)27-24-23(8-5-15-26-24)33-18-19-6-3-2-4-7-19/h5,8-12,15,19-20H,2-4,6-7,13-14,16-18H2,1H3,(H,26,27,29). The first-order valence-corrected chi connectivity index (χ1v) is 13.4. The summed E-state index contributed by atoms with van der Waals surface area (Å²) in [6.07, 6.45) is 8.69. The fourth-order valence-electron chi connectivity index (χ4n) is 4.64. The average molecular weight is 488 g/mol. The van der Waals surface area contributed by atoms with Gasteiger partial charge in [-0.1, -0.05) is 19.3 Å². The first-order valence-electron chi connectivity index (χ1n) is 12.0. The van der Waals surface area contributed by atoms with Gasteiger partial charge in [0.15, 0.2) is 11.6 Å². The molecule has 4 rings (SSSR count). The summed E-state index contributed by atoms with van der Waals surface area (Å²) in [6, 6.07) is 9.98. The molecule has 0 spiro atoms. The van der Waals surface area contributed by atoms with Crippen LogP contribution in [-0.4, -0.2) is 50.4 Å². The second-order valence-corrected chi connectivity index (χ2v) is 10.9. The fourth-order valence-corrected chi connectivity index (χ4v) is 6.11. The summed E-state index contributed by atoms with van der Waals surface area (Å²) in [5.41, 5.74) is 0. The number of sulfonamides is 1. The van der Waals surface area contributed by atoms with Gasteiger partial charge in [0, 0.05) is 25.2 Å². The van der Waals surface area contributed by atoms with Crippen LogP contribution in [0.5, 0.6) is 11.5 Å². The molecule has 1 N–H and O–H groups in total. The molecule has 1 saturated heterocycles. The van der Waals surface area contributed by atoms with E-state index in [2.05, 4.69) is 10.3 Å². The van der Waals surface area contributed by atoms with E-state index in [0.717, 1.165) is 0 Å². The lowest BCUT2D eigenvalue weighted by Crippen LogP contribution is -2.41. The number of piperidine rings is 1. The van der Waals surface area contributed by atoms with Crippen LogP contribution in [0.25, 0.3) is 0 Å². The van der Waals surface area contributed by atoms with Crippen molar-refractivity contribution in [1.29, 1.82) is 0 Å². The topological polar surface area (TPSA) is 97.8 Å². The lowest BCUT2D eigenvalue weighted by Gasteiger charge is -2.30. The zero-order valence-electron chi connectivity index (χ0n) is 19.6. The lowest BCUT2D eigenvalue weighted by molar-refractivity contribution is -0.120. The van der Waals surface area contributed by atoms with Crippen molar-refractivity contribution in [3.8, 4) is 11.5 Å². The first kappa shape index (κ1) is 24.5. The minimum atomic E-state index is -3.61. The van der Waals surface area contributed by atoms with Crippen molar-refractivity contribution in [3.63, 3.8) is 0 Å². The third kappa shape index (κ3) is 5.88. The predicted octanol–water partition coefficient (Wildman–Crippen LogP) is 4.09. The van der Waals surface area contributed by atoms with Gasteiger partial charge in [-0.3, -0.25) is 4.79 Å². The van der Waals surface area contributed by atoms with Crippen LogP contribution >= 0.6 is 0 Å². The van der Waals surface area contributed by atoms with E-state index in [-0.39, 0.29) is 16.7 Å². The number of ether oxygens (including phenoxy) is 2. The molecule has 0 unspecified atom stereocenters. The molecule has 1 aromatic carbocycles. The zero-order chi connectivity index (χ0) is 24.0. The van der Waals surface area contributed by atoms with Crippen molar-refractivity contribution in [1.82, 2.24) is 9.29 Å². The van der Waals surface area contributed by atoms with E-state index in [0.29, 0.717) is 55.8 Å². The van der Waals surface area contributed by atoms with E-state index in [1.54, 1.807) is 36.5 Å². The molecule has 8 nitrogen and oxygen atoms in total. The van der Waals surface area contributed by atoms with Crippen molar-refractivity contribution in [3.05, 3.63) is 42.6 Å². The second kappa shape index (κ2) is 11.2. The monoisotopic (exact) mass is 487 g/mol. The summed E-state index contributed by atoms with van der Waals surface area (Å²) in [5.74, 6) is 1.73. The molecule has 0 bridgehead atoms. The second-order valence-electron chi connectivity index (χ2n) is 9.01. The maximum Gasteiger partial charge on any atom is 0.243 e. The van der Waals surface area contributed by atoms with Crippen molar-refractivity contribution in [2.45, 2.75) is 49.8 Å². The number of pyridine rings is 1. The number of nitrogens with one attached hydrogen (secondary N) is 1. The molecule has 1 aliphatic heterocycles. The summed E-state index contributed by atoms with van der Waals surface area (Å²) in [4.78, 5) is 17.5. The highest BCUT2D eigenvalue weighted by Gasteiger charge is 2.32. The molecule has 1 saturated carbocycles. The van der Waals surface area contributed by atoms with Crippen molar-refractivity contribution >= 4 is 21.7 Å². The van der Waals surface area contributed by atoms with Crippen LogP contribution in [0.1, 0.15) is 44.9 Å². The van der Waals surface area contributed by atoms with Crippen LogP contribution < -0.4 is 14.8 Å². The Labute approximate surface area is 201 Å². The molecule has 2 heterocycles. The minimum Gasteiger partial charge on any atom is -0.497 e. The average Bonchev–Trinajstić information content (AvgIpc) is 2.89. The van der Waals surface area contributed by atoms with E-state index in [9.17, 15) is 13.2 Å². The van der Waals surface area contributed by atoms with Gasteiger partial charge in [-0.15, -0.1) is 0 Å². The predicted molar refractivity (Wildman–Crippen MR) is 129 cm³/mol. The van der Waals surface area contributed by atoms with Gasteiger partial charge < -0.3 is 14.8 Å². The number of aromatic nitrogens is 1. The molecule has 9 heteroatoms. The third-order valence-corrected chi connectivity index (χ3v) is 8.65. The SMILES string of the molecule is COc1ccc(S(=O)(=O)N2CCC(C(=O)Nc3ncccc3OCC3CCCCC3)CC2)cc1. The van der Waals surface area contributed by atoms with E-state index in [4.69, 9.17) is 9.47 Å². The Hall–Kier alpha value is -2.65. The smallest absolute Gasteiger partial charge is 0.243 e. The maximum absolute atomic E-state index is 13.0. The largest absolute Gasteiger partial charge is 0.497 e. The molecule has 2 fully saturated rings. The van der Waals surface area contributed by atoms with Gasteiger partial charge in [-0.05, 0) is 68.0 Å². The number of hydrogen-bond donors (Lipinski definition) is 1. The van der Waals surface area contributed by atoms with Crippen molar-refractivity contribution in [2.24, 2.45) is 11.8 Å². The Balaban J connectivity index is 1.32. The first-order chi connectivity index (χ1) is 16.5. The van der Waals surface area contributed by atoms with Gasteiger partial charge in [-0.2, -0.15) is 4.31 Å². The zero-order valence-corrected chi connectivity index (χ0v) is 20.4. The number of carbonyl (C=O) groups is 1. The van der Waals surface area contributed by atoms with E-state index >= 15 is 0 Å². The quantitative estimate of drug-likeness (QED) is 0.602. The van der Waals surface area contributed by atoms with Crippen molar-refractivity contribution in [2.75, 3.05) is 32.1 Å². The van der Waals surface area contributed by atoms with Gasteiger partial charge in [0.2, 0.25) is 15.9 Å². The summed E-state index contributed by atoms with van der Waals surface area (Å²) in [7, 11) is -2.07. The van der Waals surface area contributed by atoms with Crippen LogP contribution in [0.4, 0.5) is 5.82 Å². The third-order valence-electron chi connectivity index (χ3n) is 6.73. The maximum atomic E-state index is 13.0. The molecule has 1 aliphatic carbocycles. The lowest BCUT2D eigenvalue weighted by atomic mass is 9.90. The molecule has 1 amide bonds. The summed E-state index contributed by atoms with van der Waals surface area (Å²) in [6.45, 7) is 1.22. The Morgan fingerprint density at radius 2 is 1.76 bits per heavy atom. The molecule has 2 aromatic rings. The fraction of sp³-hybridized carbons (Fsp3) is 0.520. The summed E-state index contributed by atoms with van der Waals surface area (Å²) >= 11 is 0.